The minimum atomic E-state index is 0.181. The normalized spacial score (nSPS) is 12.4. The van der Waals surface area contributed by atoms with Gasteiger partial charge in [0.2, 0.25) is 0 Å². The van der Waals surface area contributed by atoms with Crippen LogP contribution in [0, 0.1) is 5.92 Å². The molecule has 3 heteroatoms. The fourth-order valence-corrected chi connectivity index (χ4v) is 2.28. The van der Waals surface area contributed by atoms with Crippen molar-refractivity contribution in [2.75, 3.05) is 6.54 Å². The van der Waals surface area contributed by atoms with Gasteiger partial charge in [0.25, 0.3) is 0 Å². The molecular weight excluding hydrogens is 216 g/mol. The van der Waals surface area contributed by atoms with Crippen molar-refractivity contribution >= 4 is 11.3 Å². The zero-order valence-corrected chi connectivity index (χ0v) is 11.9. The summed E-state index contributed by atoms with van der Waals surface area (Å²) in [6, 6.07) is 0. The summed E-state index contributed by atoms with van der Waals surface area (Å²) in [6.45, 7) is 13.2. The van der Waals surface area contributed by atoms with E-state index >= 15 is 0 Å². The summed E-state index contributed by atoms with van der Waals surface area (Å²) in [4.78, 5) is 5.82. The van der Waals surface area contributed by atoms with Gasteiger partial charge >= 0.3 is 0 Å². The molecule has 1 N–H and O–H groups in total. The lowest BCUT2D eigenvalue weighted by Gasteiger charge is -2.13. The number of aromatic nitrogens is 1. The highest BCUT2D eigenvalue weighted by Gasteiger charge is 2.17. The van der Waals surface area contributed by atoms with Crippen LogP contribution in [0.5, 0.6) is 0 Å². The second-order valence-electron chi connectivity index (χ2n) is 5.74. The summed E-state index contributed by atoms with van der Waals surface area (Å²) in [5.74, 6) is 0.777. The lowest BCUT2D eigenvalue weighted by molar-refractivity contribution is 0.539. The van der Waals surface area contributed by atoms with E-state index in [1.807, 2.05) is 17.5 Å². The molecule has 2 nitrogen and oxygen atoms in total. The van der Waals surface area contributed by atoms with E-state index in [9.17, 15) is 0 Å². The highest BCUT2D eigenvalue weighted by atomic mass is 32.1. The molecule has 92 valence electrons. The first-order valence-electron chi connectivity index (χ1n) is 6.05. The molecule has 16 heavy (non-hydrogen) atoms. The minimum Gasteiger partial charge on any atom is -0.312 e. The van der Waals surface area contributed by atoms with Crippen molar-refractivity contribution in [2.24, 2.45) is 5.92 Å². The summed E-state index contributed by atoms with van der Waals surface area (Å²) in [6.07, 6.45) is 3.25. The van der Waals surface area contributed by atoms with Crippen molar-refractivity contribution in [1.29, 1.82) is 0 Å². The Morgan fingerprint density at radius 2 is 2.06 bits per heavy atom. The van der Waals surface area contributed by atoms with Gasteiger partial charge < -0.3 is 5.32 Å². The Hall–Kier alpha value is -0.410. The van der Waals surface area contributed by atoms with Crippen molar-refractivity contribution in [3.63, 3.8) is 0 Å². The molecule has 0 atom stereocenters. The number of thiazole rings is 1. The van der Waals surface area contributed by atoms with Crippen molar-refractivity contribution in [3.8, 4) is 0 Å². The third-order valence-corrected chi connectivity index (χ3v) is 3.82. The van der Waals surface area contributed by atoms with E-state index in [2.05, 4.69) is 44.9 Å². The zero-order valence-electron chi connectivity index (χ0n) is 11.1. The largest absolute Gasteiger partial charge is 0.312 e. The quantitative estimate of drug-likeness (QED) is 0.796. The van der Waals surface area contributed by atoms with E-state index < -0.39 is 0 Å². The van der Waals surface area contributed by atoms with Crippen LogP contribution in [-0.4, -0.2) is 11.5 Å². The average Bonchev–Trinajstić information content (AvgIpc) is 2.59. The highest BCUT2D eigenvalue weighted by Crippen LogP contribution is 2.26. The SMILES string of the molecule is CC(C)CCNCc1cnc(C(C)(C)C)s1. The summed E-state index contributed by atoms with van der Waals surface area (Å²) >= 11 is 1.83. The van der Waals surface area contributed by atoms with Crippen LogP contribution in [-0.2, 0) is 12.0 Å². The van der Waals surface area contributed by atoms with Crippen LogP contribution in [0.1, 0.15) is 50.9 Å². The Morgan fingerprint density at radius 1 is 1.38 bits per heavy atom. The van der Waals surface area contributed by atoms with E-state index in [4.69, 9.17) is 0 Å². The smallest absolute Gasteiger partial charge is 0.0981 e. The Morgan fingerprint density at radius 3 is 2.56 bits per heavy atom. The maximum atomic E-state index is 4.48. The van der Waals surface area contributed by atoms with Gasteiger partial charge in [0.05, 0.1) is 5.01 Å². The van der Waals surface area contributed by atoms with Crippen LogP contribution < -0.4 is 5.32 Å². The molecule has 1 heterocycles. The predicted molar refractivity (Wildman–Crippen MR) is 72.0 cm³/mol. The number of rotatable bonds is 5. The molecular formula is C13H24N2S. The second kappa shape index (κ2) is 5.78. The summed E-state index contributed by atoms with van der Waals surface area (Å²) in [7, 11) is 0. The Kier molecular flexibility index (Phi) is 4.93. The molecule has 0 aromatic carbocycles. The molecule has 0 saturated heterocycles. The van der Waals surface area contributed by atoms with Crippen LogP contribution in [0.4, 0.5) is 0 Å². The maximum absolute atomic E-state index is 4.48. The van der Waals surface area contributed by atoms with Gasteiger partial charge in [-0.3, -0.25) is 0 Å². The van der Waals surface area contributed by atoms with Gasteiger partial charge in [-0.2, -0.15) is 0 Å². The van der Waals surface area contributed by atoms with Gasteiger partial charge in [-0.05, 0) is 18.9 Å². The zero-order chi connectivity index (χ0) is 12.2. The predicted octanol–water partition coefficient (Wildman–Crippen LogP) is 3.58. The molecule has 0 aliphatic carbocycles. The van der Waals surface area contributed by atoms with Crippen LogP contribution in [0.2, 0.25) is 0 Å². The van der Waals surface area contributed by atoms with E-state index in [0.717, 1.165) is 19.0 Å². The summed E-state index contributed by atoms with van der Waals surface area (Å²) in [5.41, 5.74) is 0.181. The molecule has 0 aliphatic rings. The van der Waals surface area contributed by atoms with Crippen molar-refractivity contribution in [1.82, 2.24) is 10.3 Å². The van der Waals surface area contributed by atoms with Crippen LogP contribution >= 0.6 is 11.3 Å². The first-order valence-corrected chi connectivity index (χ1v) is 6.87. The number of nitrogens with zero attached hydrogens (tertiary/aromatic N) is 1. The number of nitrogens with one attached hydrogen (secondary N) is 1. The fourth-order valence-electron chi connectivity index (χ4n) is 1.34. The topological polar surface area (TPSA) is 24.9 Å². The second-order valence-corrected chi connectivity index (χ2v) is 6.86. The van der Waals surface area contributed by atoms with Gasteiger partial charge in [0, 0.05) is 23.0 Å². The van der Waals surface area contributed by atoms with Gasteiger partial charge in [-0.1, -0.05) is 34.6 Å². The molecule has 0 radical (unpaired) electrons. The van der Waals surface area contributed by atoms with E-state index in [0.29, 0.717) is 0 Å². The Labute approximate surface area is 103 Å². The van der Waals surface area contributed by atoms with Crippen molar-refractivity contribution in [3.05, 3.63) is 16.1 Å². The molecule has 0 saturated carbocycles. The van der Waals surface area contributed by atoms with Gasteiger partial charge in [0.15, 0.2) is 0 Å². The van der Waals surface area contributed by atoms with E-state index in [-0.39, 0.29) is 5.41 Å². The first-order chi connectivity index (χ1) is 7.39. The molecule has 1 rings (SSSR count). The standard InChI is InChI=1S/C13H24N2S/c1-10(2)6-7-14-8-11-9-15-12(16-11)13(3,4)5/h9-10,14H,6-8H2,1-5H3. The molecule has 1 aromatic rings. The average molecular weight is 240 g/mol. The maximum Gasteiger partial charge on any atom is 0.0981 e. The first kappa shape index (κ1) is 13.7. The molecule has 0 spiro atoms. The molecule has 0 unspecified atom stereocenters. The van der Waals surface area contributed by atoms with Crippen LogP contribution in [0.3, 0.4) is 0 Å². The third kappa shape index (κ3) is 4.62. The van der Waals surface area contributed by atoms with Crippen molar-refractivity contribution < 1.29 is 0 Å². The molecule has 0 aliphatic heterocycles. The van der Waals surface area contributed by atoms with Gasteiger partial charge in [0.1, 0.15) is 0 Å². The molecule has 0 amide bonds. The van der Waals surface area contributed by atoms with Crippen LogP contribution in [0.15, 0.2) is 6.20 Å². The van der Waals surface area contributed by atoms with Crippen LogP contribution in [0.25, 0.3) is 0 Å². The van der Waals surface area contributed by atoms with Gasteiger partial charge in [-0.15, -0.1) is 11.3 Å². The number of hydrogen-bond donors (Lipinski definition) is 1. The lowest BCUT2D eigenvalue weighted by atomic mass is 9.98. The molecule has 0 fully saturated rings. The van der Waals surface area contributed by atoms with E-state index in [1.54, 1.807) is 0 Å². The summed E-state index contributed by atoms with van der Waals surface area (Å²) in [5, 5.41) is 4.70. The monoisotopic (exact) mass is 240 g/mol. The third-order valence-electron chi connectivity index (χ3n) is 2.39. The number of hydrogen-bond acceptors (Lipinski definition) is 3. The van der Waals surface area contributed by atoms with Gasteiger partial charge in [-0.25, -0.2) is 4.98 Å². The fraction of sp³-hybridized carbons (Fsp3) is 0.769. The lowest BCUT2D eigenvalue weighted by Crippen LogP contribution is -2.15. The van der Waals surface area contributed by atoms with E-state index in [1.165, 1.54) is 16.3 Å². The Balaban J connectivity index is 2.36. The molecule has 1 aromatic heterocycles. The Bertz CT molecular complexity index is 310. The molecule has 0 bridgehead atoms. The highest BCUT2D eigenvalue weighted by molar-refractivity contribution is 7.11. The summed E-state index contributed by atoms with van der Waals surface area (Å²) < 4.78 is 0. The minimum absolute atomic E-state index is 0.181. The van der Waals surface area contributed by atoms with Crippen molar-refractivity contribution in [2.45, 2.75) is 53.0 Å².